The van der Waals surface area contributed by atoms with Crippen LogP contribution in [-0.4, -0.2) is 41.5 Å². The lowest BCUT2D eigenvalue weighted by molar-refractivity contribution is 0.00578. The summed E-state index contributed by atoms with van der Waals surface area (Å²) in [5.74, 6) is 0.439. The Labute approximate surface area is 126 Å². The van der Waals surface area contributed by atoms with Crippen molar-refractivity contribution in [3.05, 3.63) is 6.20 Å². The highest BCUT2D eigenvalue weighted by Gasteiger charge is 2.53. The molecule has 0 N–H and O–H groups in total. The van der Waals surface area contributed by atoms with E-state index in [1.807, 2.05) is 41.5 Å². The number of nitrogens with zero attached hydrogens (tertiary/aromatic N) is 2. The maximum Gasteiger partial charge on any atom is 0.502 e. The molecule has 2 rings (SSSR count). The van der Waals surface area contributed by atoms with Crippen LogP contribution in [-0.2, 0) is 9.31 Å². The third-order valence-electron chi connectivity index (χ3n) is 3.82. The normalized spacial score (nSPS) is 19.6. The van der Waals surface area contributed by atoms with E-state index in [0.29, 0.717) is 30.6 Å². The van der Waals surface area contributed by atoms with E-state index >= 15 is 0 Å². The van der Waals surface area contributed by atoms with Gasteiger partial charge in [0, 0.05) is 6.20 Å². The standard InChI is InChI=1S/C14H23BN2O4/c1-7-18-11-10(9-16-12(17-11)19-8-2)15-20-13(3,4)14(5,6)21-15/h9H,7-8H2,1-6H3. The Morgan fingerprint density at radius 3 is 2.14 bits per heavy atom. The molecule has 1 aliphatic heterocycles. The van der Waals surface area contributed by atoms with Crippen molar-refractivity contribution < 1.29 is 18.8 Å². The number of hydrogen-bond acceptors (Lipinski definition) is 6. The Bertz CT molecular complexity index is 492. The van der Waals surface area contributed by atoms with Gasteiger partial charge in [0.2, 0.25) is 5.88 Å². The van der Waals surface area contributed by atoms with Gasteiger partial charge in [-0.1, -0.05) is 0 Å². The molecule has 0 spiro atoms. The summed E-state index contributed by atoms with van der Waals surface area (Å²) in [6.45, 7) is 12.8. The molecule has 1 fully saturated rings. The quantitative estimate of drug-likeness (QED) is 0.768. The van der Waals surface area contributed by atoms with Crippen LogP contribution < -0.4 is 14.9 Å². The summed E-state index contributed by atoms with van der Waals surface area (Å²) in [7, 11) is -0.549. The van der Waals surface area contributed by atoms with Crippen LogP contribution in [0.1, 0.15) is 41.5 Å². The van der Waals surface area contributed by atoms with Gasteiger partial charge in [-0.3, -0.25) is 0 Å². The minimum atomic E-state index is -0.549. The van der Waals surface area contributed by atoms with Crippen LogP contribution in [0.15, 0.2) is 6.20 Å². The summed E-state index contributed by atoms with van der Waals surface area (Å²) in [5.41, 5.74) is -0.154. The lowest BCUT2D eigenvalue weighted by Crippen LogP contribution is -2.41. The van der Waals surface area contributed by atoms with Crippen molar-refractivity contribution in [1.82, 2.24) is 9.97 Å². The van der Waals surface area contributed by atoms with Crippen molar-refractivity contribution in [1.29, 1.82) is 0 Å². The Kier molecular flexibility index (Phi) is 4.44. The van der Waals surface area contributed by atoms with Gasteiger partial charge in [0.05, 0.1) is 29.9 Å². The molecule has 0 unspecified atom stereocenters. The van der Waals surface area contributed by atoms with Crippen molar-refractivity contribution in [2.45, 2.75) is 52.7 Å². The molecule has 0 saturated carbocycles. The Morgan fingerprint density at radius 1 is 1.05 bits per heavy atom. The molecular weight excluding hydrogens is 271 g/mol. The molecule has 0 atom stereocenters. The van der Waals surface area contributed by atoms with E-state index in [1.54, 1.807) is 6.20 Å². The summed E-state index contributed by atoms with van der Waals surface area (Å²) < 4.78 is 22.9. The van der Waals surface area contributed by atoms with Gasteiger partial charge >= 0.3 is 13.1 Å². The summed E-state index contributed by atoms with van der Waals surface area (Å²) in [5, 5.41) is 0. The zero-order valence-corrected chi connectivity index (χ0v) is 13.6. The minimum Gasteiger partial charge on any atom is -0.478 e. The first-order chi connectivity index (χ1) is 9.80. The molecule has 1 aliphatic rings. The minimum absolute atomic E-state index is 0.293. The lowest BCUT2D eigenvalue weighted by Gasteiger charge is -2.32. The molecule has 1 aromatic rings. The number of hydrogen-bond donors (Lipinski definition) is 0. The van der Waals surface area contributed by atoms with Gasteiger partial charge in [-0.15, -0.1) is 0 Å². The molecule has 0 radical (unpaired) electrons. The Morgan fingerprint density at radius 2 is 1.62 bits per heavy atom. The highest BCUT2D eigenvalue weighted by atomic mass is 16.7. The first-order valence-electron chi connectivity index (χ1n) is 7.29. The van der Waals surface area contributed by atoms with Crippen molar-refractivity contribution >= 4 is 12.6 Å². The van der Waals surface area contributed by atoms with Gasteiger partial charge < -0.3 is 18.8 Å². The van der Waals surface area contributed by atoms with Crippen LogP contribution in [0.4, 0.5) is 0 Å². The average Bonchev–Trinajstić information content (AvgIpc) is 2.59. The number of rotatable bonds is 5. The molecule has 116 valence electrons. The van der Waals surface area contributed by atoms with Gasteiger partial charge in [0.1, 0.15) is 0 Å². The predicted octanol–water partition coefficient (Wildman–Crippen LogP) is 1.57. The van der Waals surface area contributed by atoms with E-state index < -0.39 is 18.3 Å². The number of ether oxygens (including phenoxy) is 2. The van der Waals surface area contributed by atoms with Crippen LogP contribution in [0, 0.1) is 0 Å². The molecule has 0 aromatic carbocycles. The zero-order chi connectivity index (χ0) is 15.7. The maximum absolute atomic E-state index is 6.01. The van der Waals surface area contributed by atoms with Crippen LogP contribution in [0.3, 0.4) is 0 Å². The summed E-state index contributed by atoms with van der Waals surface area (Å²) in [6.07, 6.45) is 1.64. The van der Waals surface area contributed by atoms with E-state index in [0.717, 1.165) is 0 Å². The topological polar surface area (TPSA) is 62.7 Å². The fourth-order valence-corrected chi connectivity index (χ4v) is 1.94. The van der Waals surface area contributed by atoms with Crippen molar-refractivity contribution in [2.24, 2.45) is 0 Å². The van der Waals surface area contributed by atoms with Crippen LogP contribution in [0.2, 0.25) is 0 Å². The van der Waals surface area contributed by atoms with Gasteiger partial charge in [-0.25, -0.2) is 4.98 Å². The van der Waals surface area contributed by atoms with E-state index in [2.05, 4.69) is 9.97 Å². The molecule has 21 heavy (non-hydrogen) atoms. The highest BCUT2D eigenvalue weighted by Crippen LogP contribution is 2.37. The second-order valence-corrected chi connectivity index (χ2v) is 5.87. The predicted molar refractivity (Wildman–Crippen MR) is 80.1 cm³/mol. The molecule has 7 heteroatoms. The highest BCUT2D eigenvalue weighted by molar-refractivity contribution is 6.63. The van der Waals surface area contributed by atoms with Gasteiger partial charge in [-0.05, 0) is 41.5 Å². The average molecular weight is 294 g/mol. The molecule has 6 nitrogen and oxygen atoms in total. The van der Waals surface area contributed by atoms with Gasteiger partial charge in [-0.2, -0.15) is 4.98 Å². The van der Waals surface area contributed by atoms with E-state index in [4.69, 9.17) is 18.8 Å². The zero-order valence-electron chi connectivity index (χ0n) is 13.6. The van der Waals surface area contributed by atoms with Crippen LogP contribution >= 0.6 is 0 Å². The molecule has 0 bridgehead atoms. The van der Waals surface area contributed by atoms with Gasteiger partial charge in [0.25, 0.3) is 0 Å². The first kappa shape index (κ1) is 16.0. The summed E-state index contributed by atoms with van der Waals surface area (Å²) in [4.78, 5) is 8.45. The Balaban J connectivity index is 2.31. The van der Waals surface area contributed by atoms with Crippen molar-refractivity contribution in [2.75, 3.05) is 13.2 Å². The molecule has 0 aliphatic carbocycles. The molecule has 0 amide bonds. The van der Waals surface area contributed by atoms with Crippen molar-refractivity contribution in [3.63, 3.8) is 0 Å². The second kappa shape index (κ2) is 5.81. The maximum atomic E-state index is 6.01. The molecular formula is C14H23BN2O4. The third kappa shape index (κ3) is 3.13. The Hall–Kier alpha value is -1.34. The summed E-state index contributed by atoms with van der Waals surface area (Å²) in [6, 6.07) is 0.293. The third-order valence-corrected chi connectivity index (χ3v) is 3.82. The number of aromatic nitrogens is 2. The molecule has 2 heterocycles. The molecule has 1 saturated heterocycles. The van der Waals surface area contributed by atoms with Crippen LogP contribution in [0.25, 0.3) is 0 Å². The van der Waals surface area contributed by atoms with Crippen LogP contribution in [0.5, 0.6) is 11.9 Å². The van der Waals surface area contributed by atoms with Gasteiger partial charge in [0.15, 0.2) is 0 Å². The van der Waals surface area contributed by atoms with E-state index in [1.165, 1.54) is 0 Å². The largest absolute Gasteiger partial charge is 0.502 e. The fraction of sp³-hybridized carbons (Fsp3) is 0.714. The first-order valence-corrected chi connectivity index (χ1v) is 7.29. The van der Waals surface area contributed by atoms with E-state index in [-0.39, 0.29) is 0 Å². The van der Waals surface area contributed by atoms with Crippen molar-refractivity contribution in [3.8, 4) is 11.9 Å². The lowest BCUT2D eigenvalue weighted by atomic mass is 9.81. The fourth-order valence-electron chi connectivity index (χ4n) is 1.94. The second-order valence-electron chi connectivity index (χ2n) is 5.87. The smallest absolute Gasteiger partial charge is 0.478 e. The monoisotopic (exact) mass is 294 g/mol. The van der Waals surface area contributed by atoms with E-state index in [9.17, 15) is 0 Å². The SMILES string of the molecule is CCOc1ncc(B2OC(C)(C)C(C)(C)O2)c(OCC)n1. The summed E-state index contributed by atoms with van der Waals surface area (Å²) >= 11 is 0. The molecule has 1 aromatic heterocycles.